The van der Waals surface area contributed by atoms with E-state index in [1.54, 1.807) is 0 Å². The van der Waals surface area contributed by atoms with Gasteiger partial charge >= 0.3 is 0 Å². The number of nitrogens with two attached hydrogens (primary N) is 1. The van der Waals surface area contributed by atoms with Crippen LogP contribution < -0.4 is 10.5 Å². The molecular weight excluding hydrogens is 390 g/mol. The van der Waals surface area contributed by atoms with Gasteiger partial charge in [0.2, 0.25) is 0 Å². The number of benzene rings is 2. The molecule has 0 radical (unpaired) electrons. The van der Waals surface area contributed by atoms with Crippen molar-refractivity contribution >= 4 is 5.69 Å². The minimum absolute atomic E-state index is 0.259. The summed E-state index contributed by atoms with van der Waals surface area (Å²) in [5, 5.41) is 0. The monoisotopic (exact) mass is 433 g/mol. The van der Waals surface area contributed by atoms with Gasteiger partial charge in [0.25, 0.3) is 0 Å². The highest BCUT2D eigenvalue weighted by atomic mass is 16.5. The normalized spacial score (nSPS) is 25.3. The number of nitrogen functional groups attached to an aromatic ring is 1. The Balaban J connectivity index is 1.53. The Hall–Kier alpha value is -1.96. The number of para-hydroxylation sites is 2. The first kappa shape index (κ1) is 23.2. The Morgan fingerprint density at radius 2 is 1.50 bits per heavy atom. The van der Waals surface area contributed by atoms with E-state index in [9.17, 15) is 0 Å². The van der Waals surface area contributed by atoms with Gasteiger partial charge in [0.1, 0.15) is 11.4 Å². The lowest BCUT2D eigenvalue weighted by Crippen LogP contribution is -2.43. The van der Waals surface area contributed by atoms with E-state index in [0.29, 0.717) is 5.41 Å². The van der Waals surface area contributed by atoms with Gasteiger partial charge in [-0.15, -0.1) is 0 Å². The van der Waals surface area contributed by atoms with Gasteiger partial charge in [0.15, 0.2) is 0 Å². The van der Waals surface area contributed by atoms with Crippen LogP contribution in [0.4, 0.5) is 5.69 Å². The van der Waals surface area contributed by atoms with Crippen molar-refractivity contribution in [3.63, 3.8) is 0 Å². The molecule has 0 unspecified atom stereocenters. The fourth-order valence-electron chi connectivity index (χ4n) is 6.69. The molecule has 0 aliphatic heterocycles. The SMILES string of the molecule is CCCCCCC1(C2CCC(Oc3ccccc3N)(c3ccccc3)CC2)CCCCC1. The lowest BCUT2D eigenvalue weighted by molar-refractivity contribution is -0.0315. The third kappa shape index (κ3) is 5.16. The Kier molecular flexibility index (Phi) is 7.81. The van der Waals surface area contributed by atoms with E-state index in [1.165, 1.54) is 82.6 Å². The molecule has 2 N–H and O–H groups in total. The van der Waals surface area contributed by atoms with Gasteiger partial charge in [-0.05, 0) is 74.0 Å². The van der Waals surface area contributed by atoms with Crippen molar-refractivity contribution in [2.24, 2.45) is 11.3 Å². The van der Waals surface area contributed by atoms with Crippen LogP contribution in [0.1, 0.15) is 102 Å². The predicted octanol–water partition coefficient (Wildman–Crippen LogP) is 8.65. The zero-order valence-electron chi connectivity index (χ0n) is 20.2. The molecule has 2 saturated carbocycles. The zero-order chi connectivity index (χ0) is 22.3. The van der Waals surface area contributed by atoms with Crippen molar-refractivity contribution in [2.45, 2.75) is 102 Å². The first-order valence-electron chi connectivity index (χ1n) is 13.3. The van der Waals surface area contributed by atoms with E-state index in [2.05, 4.69) is 37.3 Å². The van der Waals surface area contributed by atoms with Crippen LogP contribution in [0.5, 0.6) is 5.75 Å². The standard InChI is InChI=1S/C30H43NO/c1-2-3-4-11-20-29(21-12-6-13-22-29)25-18-23-30(24-19-25,26-14-7-5-8-15-26)32-28-17-10-9-16-27(28)31/h5,7-10,14-17,25H,2-4,6,11-13,18-24,31H2,1H3. The minimum atomic E-state index is -0.259. The lowest BCUT2D eigenvalue weighted by atomic mass is 9.57. The maximum atomic E-state index is 6.82. The van der Waals surface area contributed by atoms with Gasteiger partial charge in [-0.2, -0.15) is 0 Å². The van der Waals surface area contributed by atoms with E-state index in [-0.39, 0.29) is 5.60 Å². The van der Waals surface area contributed by atoms with Crippen LogP contribution in [-0.2, 0) is 5.60 Å². The molecule has 4 rings (SSSR count). The number of rotatable bonds is 9. The van der Waals surface area contributed by atoms with Crippen molar-refractivity contribution < 1.29 is 4.74 Å². The molecule has 2 aromatic rings. The Labute approximate surface area is 195 Å². The summed E-state index contributed by atoms with van der Waals surface area (Å²) in [7, 11) is 0. The lowest BCUT2D eigenvalue weighted by Gasteiger charge is -2.50. The van der Waals surface area contributed by atoms with Crippen molar-refractivity contribution in [2.75, 3.05) is 5.73 Å². The molecule has 0 aromatic heterocycles. The summed E-state index contributed by atoms with van der Waals surface area (Å²) in [5.41, 5.74) is 8.67. The molecule has 174 valence electrons. The molecule has 32 heavy (non-hydrogen) atoms. The van der Waals surface area contributed by atoms with Crippen LogP contribution in [0.2, 0.25) is 0 Å². The van der Waals surface area contributed by atoms with Gasteiger partial charge < -0.3 is 10.5 Å². The Morgan fingerprint density at radius 3 is 2.19 bits per heavy atom. The minimum Gasteiger partial charge on any atom is -0.480 e. The summed E-state index contributed by atoms with van der Waals surface area (Å²) in [6.07, 6.45) is 18.9. The van der Waals surface area contributed by atoms with Crippen LogP contribution in [0, 0.1) is 11.3 Å². The van der Waals surface area contributed by atoms with Crippen LogP contribution in [-0.4, -0.2) is 0 Å². The van der Waals surface area contributed by atoms with Gasteiger partial charge in [-0.25, -0.2) is 0 Å². The van der Waals surface area contributed by atoms with Crippen LogP contribution in [0.15, 0.2) is 54.6 Å². The summed E-state index contributed by atoms with van der Waals surface area (Å²) < 4.78 is 6.82. The molecule has 2 fully saturated rings. The molecule has 0 amide bonds. The highest BCUT2D eigenvalue weighted by Gasteiger charge is 2.46. The molecule has 0 saturated heterocycles. The number of anilines is 1. The molecule has 0 atom stereocenters. The van der Waals surface area contributed by atoms with E-state index < -0.39 is 0 Å². The fourth-order valence-corrected chi connectivity index (χ4v) is 6.69. The predicted molar refractivity (Wildman–Crippen MR) is 136 cm³/mol. The summed E-state index contributed by atoms with van der Waals surface area (Å²) in [6.45, 7) is 2.32. The van der Waals surface area contributed by atoms with Crippen LogP contribution in [0.25, 0.3) is 0 Å². The van der Waals surface area contributed by atoms with E-state index in [1.807, 2.05) is 24.3 Å². The highest BCUT2D eigenvalue weighted by Crippen LogP contribution is 2.55. The quantitative estimate of drug-likeness (QED) is 0.317. The third-order valence-electron chi connectivity index (χ3n) is 8.56. The van der Waals surface area contributed by atoms with Gasteiger partial charge in [-0.1, -0.05) is 94.3 Å². The molecule has 2 aliphatic rings. The zero-order valence-corrected chi connectivity index (χ0v) is 20.2. The highest BCUT2D eigenvalue weighted by molar-refractivity contribution is 5.52. The summed E-state index contributed by atoms with van der Waals surface area (Å²) in [4.78, 5) is 0. The van der Waals surface area contributed by atoms with Gasteiger partial charge in [0, 0.05) is 0 Å². The number of unbranched alkanes of at least 4 members (excludes halogenated alkanes) is 3. The van der Waals surface area contributed by atoms with Crippen LogP contribution in [0.3, 0.4) is 0 Å². The number of hydrogen-bond donors (Lipinski definition) is 1. The van der Waals surface area contributed by atoms with Crippen molar-refractivity contribution in [3.05, 3.63) is 60.2 Å². The van der Waals surface area contributed by atoms with Gasteiger partial charge in [0.05, 0.1) is 5.69 Å². The maximum Gasteiger partial charge on any atom is 0.143 e. The van der Waals surface area contributed by atoms with E-state index >= 15 is 0 Å². The Bertz CT molecular complexity index is 816. The average molecular weight is 434 g/mol. The molecule has 0 bridgehead atoms. The second-order valence-electron chi connectivity index (χ2n) is 10.5. The first-order chi connectivity index (χ1) is 15.7. The molecule has 2 nitrogen and oxygen atoms in total. The number of ether oxygens (including phenoxy) is 1. The average Bonchev–Trinajstić information content (AvgIpc) is 2.85. The smallest absolute Gasteiger partial charge is 0.143 e. The van der Waals surface area contributed by atoms with Gasteiger partial charge in [-0.3, -0.25) is 0 Å². The molecular formula is C30H43NO. The van der Waals surface area contributed by atoms with Crippen molar-refractivity contribution in [1.82, 2.24) is 0 Å². The van der Waals surface area contributed by atoms with E-state index in [4.69, 9.17) is 10.5 Å². The molecule has 2 aromatic carbocycles. The van der Waals surface area contributed by atoms with Crippen molar-refractivity contribution in [3.8, 4) is 5.75 Å². The summed E-state index contributed by atoms with van der Waals surface area (Å²) >= 11 is 0. The summed E-state index contributed by atoms with van der Waals surface area (Å²) in [5.74, 6) is 1.68. The fraction of sp³-hybridized carbons (Fsp3) is 0.600. The Morgan fingerprint density at radius 1 is 0.812 bits per heavy atom. The number of hydrogen-bond acceptors (Lipinski definition) is 2. The molecule has 0 heterocycles. The second kappa shape index (κ2) is 10.8. The third-order valence-corrected chi connectivity index (χ3v) is 8.56. The molecule has 2 aliphatic carbocycles. The maximum absolute atomic E-state index is 6.82. The van der Waals surface area contributed by atoms with Crippen LogP contribution >= 0.6 is 0 Å². The first-order valence-corrected chi connectivity index (χ1v) is 13.3. The summed E-state index contributed by atoms with van der Waals surface area (Å²) in [6, 6.07) is 18.9. The topological polar surface area (TPSA) is 35.2 Å². The van der Waals surface area contributed by atoms with E-state index in [0.717, 1.165) is 30.2 Å². The molecule has 0 spiro atoms. The molecule has 2 heteroatoms. The largest absolute Gasteiger partial charge is 0.480 e. The van der Waals surface area contributed by atoms with Crippen molar-refractivity contribution in [1.29, 1.82) is 0 Å². The second-order valence-corrected chi connectivity index (χ2v) is 10.5.